The van der Waals surface area contributed by atoms with E-state index in [2.05, 4.69) is 27.1 Å². The lowest BCUT2D eigenvalue weighted by molar-refractivity contribution is 0.194. The van der Waals surface area contributed by atoms with Gasteiger partial charge in [0.2, 0.25) is 0 Å². The van der Waals surface area contributed by atoms with Gasteiger partial charge >= 0.3 is 0 Å². The predicted molar refractivity (Wildman–Crippen MR) is 73.2 cm³/mol. The molecule has 1 aliphatic rings. The van der Waals surface area contributed by atoms with E-state index in [1.54, 1.807) is 12.4 Å². The Kier molecular flexibility index (Phi) is 5.55. The van der Waals surface area contributed by atoms with Crippen molar-refractivity contribution in [1.29, 1.82) is 0 Å². The molecule has 0 spiro atoms. The summed E-state index contributed by atoms with van der Waals surface area (Å²) in [6.07, 6.45) is 10.4. The fourth-order valence-corrected chi connectivity index (χ4v) is 2.41. The minimum Gasteiger partial charge on any atom is -0.308 e. The lowest BCUT2D eigenvalue weighted by Gasteiger charge is -2.32. The van der Waals surface area contributed by atoms with Crippen LogP contribution in [0.2, 0.25) is 0 Å². The van der Waals surface area contributed by atoms with Crippen molar-refractivity contribution < 1.29 is 0 Å². The zero-order valence-electron chi connectivity index (χ0n) is 11.3. The van der Waals surface area contributed by atoms with Crippen LogP contribution in [0, 0.1) is 0 Å². The monoisotopic (exact) mass is 248 g/mol. The van der Waals surface area contributed by atoms with Crippen LogP contribution in [0.25, 0.3) is 0 Å². The van der Waals surface area contributed by atoms with Crippen molar-refractivity contribution in [2.24, 2.45) is 0 Å². The second-order valence-electron chi connectivity index (χ2n) is 5.05. The molecule has 0 bridgehead atoms. The second kappa shape index (κ2) is 7.44. The van der Waals surface area contributed by atoms with Crippen LogP contribution in [0.4, 0.5) is 0 Å². The van der Waals surface area contributed by atoms with Gasteiger partial charge in [0, 0.05) is 31.2 Å². The molecule has 0 atom stereocenters. The van der Waals surface area contributed by atoms with Gasteiger partial charge in [-0.2, -0.15) is 0 Å². The van der Waals surface area contributed by atoms with Crippen molar-refractivity contribution in [1.82, 2.24) is 20.2 Å². The fraction of sp³-hybridized carbons (Fsp3) is 0.714. The molecule has 1 aromatic heterocycles. The van der Waals surface area contributed by atoms with E-state index in [9.17, 15) is 0 Å². The Morgan fingerprint density at radius 3 is 2.83 bits per heavy atom. The van der Waals surface area contributed by atoms with Crippen molar-refractivity contribution in [3.8, 4) is 0 Å². The van der Waals surface area contributed by atoms with E-state index in [0.717, 1.165) is 12.2 Å². The smallest absolute Gasteiger partial charge is 0.0724 e. The number of nitrogens with zero attached hydrogens (tertiary/aromatic N) is 3. The number of piperidine rings is 1. The summed E-state index contributed by atoms with van der Waals surface area (Å²) in [5.74, 6) is 0. The highest BCUT2D eigenvalue weighted by molar-refractivity contribution is 4.94. The van der Waals surface area contributed by atoms with Crippen LogP contribution in [-0.4, -0.2) is 40.5 Å². The third-order valence-electron chi connectivity index (χ3n) is 3.60. The van der Waals surface area contributed by atoms with Crippen molar-refractivity contribution in [3.63, 3.8) is 0 Å². The van der Waals surface area contributed by atoms with Gasteiger partial charge in [0.15, 0.2) is 0 Å². The van der Waals surface area contributed by atoms with Gasteiger partial charge in [-0.25, -0.2) is 0 Å². The van der Waals surface area contributed by atoms with E-state index in [0.29, 0.717) is 6.04 Å². The molecule has 0 aromatic carbocycles. The Bertz CT molecular complexity index is 320. The maximum atomic E-state index is 4.28. The van der Waals surface area contributed by atoms with Crippen molar-refractivity contribution in [3.05, 3.63) is 24.3 Å². The largest absolute Gasteiger partial charge is 0.308 e. The first-order valence-electron chi connectivity index (χ1n) is 7.09. The summed E-state index contributed by atoms with van der Waals surface area (Å²) in [6, 6.07) is 0.643. The van der Waals surface area contributed by atoms with E-state index in [1.165, 1.54) is 45.3 Å². The van der Waals surface area contributed by atoms with Gasteiger partial charge in [-0.05, 0) is 38.9 Å². The van der Waals surface area contributed by atoms with E-state index in [-0.39, 0.29) is 0 Å². The van der Waals surface area contributed by atoms with Gasteiger partial charge in [-0.15, -0.1) is 0 Å². The van der Waals surface area contributed by atoms with Crippen LogP contribution in [0.5, 0.6) is 0 Å². The summed E-state index contributed by atoms with van der Waals surface area (Å²) in [5.41, 5.74) is 1.03. The Morgan fingerprint density at radius 2 is 2.17 bits per heavy atom. The number of unbranched alkanes of at least 4 members (excludes halogenated alkanes) is 1. The number of hydrogen-bond acceptors (Lipinski definition) is 4. The molecule has 1 saturated heterocycles. The molecule has 2 rings (SSSR count). The number of hydrogen-bond donors (Lipinski definition) is 1. The molecule has 1 fully saturated rings. The quantitative estimate of drug-likeness (QED) is 0.834. The molecule has 1 N–H and O–H groups in total. The standard InChI is InChI=1S/C14H24N4/c1-2-3-8-18-9-4-13(5-10-18)17-12-14-11-15-6-7-16-14/h6-7,11,13,17H,2-5,8-10,12H2,1H3. The zero-order valence-corrected chi connectivity index (χ0v) is 11.3. The molecule has 0 radical (unpaired) electrons. The molecule has 0 unspecified atom stereocenters. The minimum atomic E-state index is 0.643. The van der Waals surface area contributed by atoms with Crippen LogP contribution in [0.1, 0.15) is 38.3 Å². The third kappa shape index (κ3) is 4.35. The lowest BCUT2D eigenvalue weighted by Crippen LogP contribution is -2.42. The molecule has 100 valence electrons. The van der Waals surface area contributed by atoms with Gasteiger partial charge < -0.3 is 10.2 Å². The van der Waals surface area contributed by atoms with E-state index in [1.807, 2.05) is 6.20 Å². The summed E-state index contributed by atoms with van der Waals surface area (Å²) in [4.78, 5) is 11.0. The summed E-state index contributed by atoms with van der Waals surface area (Å²) < 4.78 is 0. The number of aromatic nitrogens is 2. The highest BCUT2D eigenvalue weighted by Crippen LogP contribution is 2.11. The highest BCUT2D eigenvalue weighted by atomic mass is 15.1. The highest BCUT2D eigenvalue weighted by Gasteiger charge is 2.17. The normalized spacial score (nSPS) is 18.1. The van der Waals surface area contributed by atoms with Gasteiger partial charge in [0.1, 0.15) is 0 Å². The van der Waals surface area contributed by atoms with Gasteiger partial charge in [-0.3, -0.25) is 9.97 Å². The molecule has 4 nitrogen and oxygen atoms in total. The number of rotatable bonds is 6. The second-order valence-corrected chi connectivity index (χ2v) is 5.05. The predicted octanol–water partition coefficient (Wildman–Crippen LogP) is 1.83. The summed E-state index contributed by atoms with van der Waals surface area (Å²) in [7, 11) is 0. The van der Waals surface area contributed by atoms with Gasteiger partial charge in [-0.1, -0.05) is 13.3 Å². The zero-order chi connectivity index (χ0) is 12.6. The van der Waals surface area contributed by atoms with E-state index < -0.39 is 0 Å². The lowest BCUT2D eigenvalue weighted by atomic mass is 10.0. The Morgan fingerprint density at radius 1 is 1.33 bits per heavy atom. The maximum absolute atomic E-state index is 4.28. The molecule has 4 heteroatoms. The molecular formula is C14H24N4. The SMILES string of the molecule is CCCCN1CCC(NCc2cnccn2)CC1. The topological polar surface area (TPSA) is 41.0 Å². The van der Waals surface area contributed by atoms with Crippen LogP contribution in [0.15, 0.2) is 18.6 Å². The molecule has 2 heterocycles. The minimum absolute atomic E-state index is 0.643. The number of likely N-dealkylation sites (tertiary alicyclic amines) is 1. The van der Waals surface area contributed by atoms with Crippen LogP contribution in [0.3, 0.4) is 0 Å². The molecule has 18 heavy (non-hydrogen) atoms. The first-order chi connectivity index (χ1) is 8.88. The van der Waals surface area contributed by atoms with Crippen molar-refractivity contribution in [2.45, 2.75) is 45.2 Å². The molecule has 0 amide bonds. The molecular weight excluding hydrogens is 224 g/mol. The molecule has 0 saturated carbocycles. The summed E-state index contributed by atoms with van der Waals surface area (Å²) >= 11 is 0. The average Bonchev–Trinajstić information content (AvgIpc) is 2.45. The van der Waals surface area contributed by atoms with Gasteiger partial charge in [0.25, 0.3) is 0 Å². The Hall–Kier alpha value is -1.00. The van der Waals surface area contributed by atoms with E-state index >= 15 is 0 Å². The first kappa shape index (κ1) is 13.4. The Balaban J connectivity index is 1.65. The van der Waals surface area contributed by atoms with Crippen molar-refractivity contribution >= 4 is 0 Å². The molecule has 0 aliphatic carbocycles. The fourth-order valence-electron chi connectivity index (χ4n) is 2.41. The molecule has 1 aromatic rings. The third-order valence-corrected chi connectivity index (χ3v) is 3.60. The number of nitrogens with one attached hydrogen (secondary N) is 1. The summed E-state index contributed by atoms with van der Waals surface area (Å²) in [6.45, 7) is 6.84. The summed E-state index contributed by atoms with van der Waals surface area (Å²) in [5, 5.41) is 3.59. The van der Waals surface area contributed by atoms with Crippen molar-refractivity contribution in [2.75, 3.05) is 19.6 Å². The van der Waals surface area contributed by atoms with Gasteiger partial charge in [0.05, 0.1) is 5.69 Å². The van der Waals surface area contributed by atoms with Crippen LogP contribution in [-0.2, 0) is 6.54 Å². The van der Waals surface area contributed by atoms with Crippen LogP contribution < -0.4 is 5.32 Å². The van der Waals surface area contributed by atoms with Crippen LogP contribution >= 0.6 is 0 Å². The first-order valence-corrected chi connectivity index (χ1v) is 7.09. The average molecular weight is 248 g/mol. The Labute approximate surface area is 110 Å². The molecule has 1 aliphatic heterocycles. The van der Waals surface area contributed by atoms with E-state index in [4.69, 9.17) is 0 Å². The maximum Gasteiger partial charge on any atom is 0.0724 e.